The number of carbonyl (C=O) groups is 1. The molecule has 0 bridgehead atoms. The van der Waals surface area contributed by atoms with Crippen LogP contribution < -0.4 is 10.6 Å². The first-order valence-corrected chi connectivity index (χ1v) is 13.9. The molecule has 41 heavy (non-hydrogen) atoms. The highest BCUT2D eigenvalue weighted by atomic mass is 16.4. The second kappa shape index (κ2) is 11.8. The molecule has 1 aliphatic rings. The highest BCUT2D eigenvalue weighted by Gasteiger charge is 2.28. The summed E-state index contributed by atoms with van der Waals surface area (Å²) in [5, 5.41) is 28.4. The summed E-state index contributed by atoms with van der Waals surface area (Å²) in [6.45, 7) is 11.9. The van der Waals surface area contributed by atoms with Crippen molar-refractivity contribution in [3.63, 3.8) is 0 Å². The van der Waals surface area contributed by atoms with Gasteiger partial charge in [-0.15, -0.1) is 10.2 Å². The summed E-state index contributed by atoms with van der Waals surface area (Å²) in [5.74, 6) is 0.428. The van der Waals surface area contributed by atoms with Crippen molar-refractivity contribution < 1.29 is 14.3 Å². The molecule has 0 saturated heterocycles. The highest BCUT2D eigenvalue weighted by molar-refractivity contribution is 5.89. The van der Waals surface area contributed by atoms with Crippen LogP contribution in [0.5, 0.6) is 0 Å². The number of anilines is 2. The second-order valence-electron chi connectivity index (χ2n) is 11.6. The van der Waals surface area contributed by atoms with Crippen LogP contribution in [-0.4, -0.2) is 65.6 Å². The Balaban J connectivity index is 1.40. The molecule has 1 aromatic carbocycles. The van der Waals surface area contributed by atoms with Crippen LogP contribution in [-0.2, 0) is 12.0 Å². The largest absolute Gasteiger partial charge is 0.416 e. The minimum absolute atomic E-state index is 0.0514. The number of fused-ring (bicyclic) bond motifs is 1. The zero-order valence-corrected chi connectivity index (χ0v) is 24.1. The molecule has 12 heteroatoms. The van der Waals surface area contributed by atoms with E-state index in [4.69, 9.17) is 9.40 Å². The van der Waals surface area contributed by atoms with Crippen molar-refractivity contribution in [1.82, 2.24) is 40.2 Å². The molecule has 1 atom stereocenters. The monoisotopic (exact) mass is 559 g/mol. The van der Waals surface area contributed by atoms with Crippen LogP contribution in [0.3, 0.4) is 0 Å². The van der Waals surface area contributed by atoms with Gasteiger partial charge in [0.05, 0.1) is 30.2 Å². The summed E-state index contributed by atoms with van der Waals surface area (Å²) >= 11 is 0. The first-order valence-electron chi connectivity index (χ1n) is 13.9. The second-order valence-corrected chi connectivity index (χ2v) is 11.6. The van der Waals surface area contributed by atoms with E-state index < -0.39 is 5.91 Å². The highest BCUT2D eigenvalue weighted by Crippen LogP contribution is 2.31. The van der Waals surface area contributed by atoms with Gasteiger partial charge in [-0.25, -0.2) is 9.97 Å². The number of benzene rings is 1. The molecule has 5 rings (SSSR count). The first-order chi connectivity index (χ1) is 19.6. The van der Waals surface area contributed by atoms with E-state index in [1.54, 1.807) is 12.4 Å². The molecule has 0 aliphatic carbocycles. The molecular weight excluding hydrogens is 522 g/mol. The Morgan fingerprint density at radius 3 is 2.76 bits per heavy atom. The SMILES string of the molecule is CC(C)n1cc(Nc2nccc(-c3ccc4c(c3)CN(CCO)CC[C@@H]4NC(=O)c3nnc(C(C)(C)C)o3)n2)cn1. The Morgan fingerprint density at radius 2 is 2.05 bits per heavy atom. The summed E-state index contributed by atoms with van der Waals surface area (Å²) in [7, 11) is 0. The van der Waals surface area contributed by atoms with Crippen LogP contribution in [0.1, 0.15) is 80.8 Å². The molecule has 1 amide bonds. The van der Waals surface area contributed by atoms with Gasteiger partial charge in [0, 0.05) is 49.0 Å². The number of aliphatic hydroxyl groups excluding tert-OH is 1. The number of nitrogens with one attached hydrogen (secondary N) is 2. The molecule has 4 heterocycles. The molecule has 1 aliphatic heterocycles. The number of carbonyl (C=O) groups excluding carboxylic acids is 1. The third-order valence-electron chi connectivity index (χ3n) is 6.97. The van der Waals surface area contributed by atoms with Crippen LogP contribution in [0, 0.1) is 0 Å². The van der Waals surface area contributed by atoms with Gasteiger partial charge in [0.25, 0.3) is 0 Å². The minimum atomic E-state index is -0.407. The summed E-state index contributed by atoms with van der Waals surface area (Å²) in [6, 6.07) is 8.00. The van der Waals surface area contributed by atoms with E-state index in [2.05, 4.69) is 55.7 Å². The lowest BCUT2D eigenvalue weighted by molar-refractivity contribution is 0.0893. The number of aromatic nitrogens is 6. The average Bonchev–Trinajstić information content (AvgIpc) is 3.59. The molecule has 3 N–H and O–H groups in total. The number of nitrogens with zero attached hydrogens (tertiary/aromatic N) is 7. The summed E-state index contributed by atoms with van der Waals surface area (Å²) in [5.41, 5.74) is 4.20. The van der Waals surface area contributed by atoms with Crippen LogP contribution >= 0.6 is 0 Å². The molecule has 0 fully saturated rings. The fraction of sp³-hybridized carbons (Fsp3) is 0.448. The molecule has 0 spiro atoms. The number of rotatable bonds is 8. The molecule has 0 unspecified atom stereocenters. The quantitative estimate of drug-likeness (QED) is 0.289. The Kier molecular flexibility index (Phi) is 8.13. The number of hydrogen-bond donors (Lipinski definition) is 3. The van der Waals surface area contributed by atoms with E-state index in [0.29, 0.717) is 37.9 Å². The molecule has 4 aromatic rings. The number of hydrogen-bond acceptors (Lipinski definition) is 10. The van der Waals surface area contributed by atoms with Gasteiger partial charge >= 0.3 is 11.8 Å². The van der Waals surface area contributed by atoms with Crippen LogP contribution in [0.2, 0.25) is 0 Å². The third-order valence-corrected chi connectivity index (χ3v) is 6.97. The number of amides is 1. The van der Waals surface area contributed by atoms with Crippen molar-refractivity contribution in [3.8, 4) is 11.3 Å². The molecular formula is C29H37N9O3. The summed E-state index contributed by atoms with van der Waals surface area (Å²) in [4.78, 5) is 24.4. The van der Waals surface area contributed by atoms with Crippen molar-refractivity contribution in [1.29, 1.82) is 0 Å². The number of aliphatic hydroxyl groups is 1. The Bertz CT molecular complexity index is 1510. The van der Waals surface area contributed by atoms with Gasteiger partial charge in [-0.3, -0.25) is 14.4 Å². The van der Waals surface area contributed by atoms with E-state index in [-0.39, 0.29) is 30.0 Å². The maximum Gasteiger partial charge on any atom is 0.309 e. The summed E-state index contributed by atoms with van der Waals surface area (Å²) in [6.07, 6.45) is 6.07. The maximum atomic E-state index is 13.1. The molecule has 3 aromatic heterocycles. The van der Waals surface area contributed by atoms with Crippen molar-refractivity contribution >= 4 is 17.5 Å². The fourth-order valence-corrected chi connectivity index (χ4v) is 4.74. The standard InChI is InChI=1S/C29H37N9O3/c1-18(2)38-17-21(15-31-38)32-28-30-10-8-23(34-28)19-6-7-22-20(14-19)16-37(12-13-39)11-9-24(22)33-25(40)26-35-36-27(41-26)29(3,4)5/h6-8,10,14-15,17-18,24,39H,9,11-13,16H2,1-5H3,(H,33,40)(H,30,32,34)/t24-/m0/s1. The van der Waals surface area contributed by atoms with E-state index in [1.807, 2.05) is 49.8 Å². The molecule has 216 valence electrons. The topological polar surface area (TPSA) is 147 Å². The van der Waals surface area contributed by atoms with Crippen molar-refractivity contribution in [3.05, 3.63) is 65.8 Å². The number of β-amino-alcohol motifs (C(OH)–C–C–N with tert-alkyl or cyclic N) is 1. The van der Waals surface area contributed by atoms with Crippen LogP contribution in [0.15, 0.2) is 47.3 Å². The predicted octanol–water partition coefficient (Wildman–Crippen LogP) is 4.01. The Morgan fingerprint density at radius 1 is 1.22 bits per heavy atom. The van der Waals surface area contributed by atoms with Crippen molar-refractivity contribution in [2.45, 2.75) is 65.1 Å². The zero-order valence-electron chi connectivity index (χ0n) is 24.1. The van der Waals surface area contributed by atoms with E-state index in [9.17, 15) is 9.90 Å². The molecule has 0 radical (unpaired) electrons. The van der Waals surface area contributed by atoms with E-state index in [1.165, 1.54) is 0 Å². The molecule has 0 saturated carbocycles. The van der Waals surface area contributed by atoms with Gasteiger partial charge < -0.3 is 20.2 Å². The lowest BCUT2D eigenvalue weighted by Crippen LogP contribution is -2.31. The Hall–Kier alpha value is -4.16. The first kappa shape index (κ1) is 28.4. The summed E-state index contributed by atoms with van der Waals surface area (Å²) < 4.78 is 7.54. The zero-order chi connectivity index (χ0) is 29.1. The third kappa shape index (κ3) is 6.60. The minimum Gasteiger partial charge on any atom is -0.416 e. The smallest absolute Gasteiger partial charge is 0.309 e. The van der Waals surface area contributed by atoms with E-state index in [0.717, 1.165) is 28.1 Å². The van der Waals surface area contributed by atoms with Crippen LogP contribution in [0.4, 0.5) is 11.6 Å². The van der Waals surface area contributed by atoms with Gasteiger partial charge in [0.2, 0.25) is 11.8 Å². The van der Waals surface area contributed by atoms with Crippen molar-refractivity contribution in [2.75, 3.05) is 25.0 Å². The van der Waals surface area contributed by atoms with Gasteiger partial charge in [-0.05, 0) is 43.5 Å². The van der Waals surface area contributed by atoms with Gasteiger partial charge in [-0.2, -0.15) is 5.10 Å². The van der Waals surface area contributed by atoms with Gasteiger partial charge in [-0.1, -0.05) is 32.9 Å². The predicted molar refractivity (Wildman–Crippen MR) is 154 cm³/mol. The van der Waals surface area contributed by atoms with E-state index >= 15 is 0 Å². The lowest BCUT2D eigenvalue weighted by Gasteiger charge is -2.19. The van der Waals surface area contributed by atoms with Gasteiger partial charge in [0.1, 0.15) is 0 Å². The van der Waals surface area contributed by atoms with Crippen LogP contribution in [0.25, 0.3) is 11.3 Å². The Labute approximate surface area is 239 Å². The van der Waals surface area contributed by atoms with Gasteiger partial charge in [0.15, 0.2) is 0 Å². The average molecular weight is 560 g/mol. The van der Waals surface area contributed by atoms with Crippen molar-refractivity contribution in [2.24, 2.45) is 0 Å². The molecule has 12 nitrogen and oxygen atoms in total. The maximum absolute atomic E-state index is 13.1. The fourth-order valence-electron chi connectivity index (χ4n) is 4.74. The normalized spacial score (nSPS) is 15.9. The lowest BCUT2D eigenvalue weighted by atomic mass is 9.96.